The molecule has 5 nitrogen and oxygen atoms in total. The van der Waals surface area contributed by atoms with E-state index < -0.39 is 11.7 Å². The topological polar surface area (TPSA) is 60.6 Å². The Kier molecular flexibility index (Phi) is 5.71. The highest BCUT2D eigenvalue weighted by Gasteiger charge is 2.31. The molecular formula is C21H22F3N4OS+. The predicted octanol–water partition coefficient (Wildman–Crippen LogP) is 2.47. The maximum absolute atomic E-state index is 12.9. The van der Waals surface area contributed by atoms with Gasteiger partial charge in [0, 0.05) is 10.6 Å². The van der Waals surface area contributed by atoms with E-state index >= 15 is 0 Å². The number of piperazine rings is 1. The Morgan fingerprint density at radius 1 is 1.27 bits per heavy atom. The zero-order chi connectivity index (χ0) is 21.3. The first-order valence-electron chi connectivity index (χ1n) is 9.95. The fourth-order valence-corrected chi connectivity index (χ4v) is 5.40. The van der Waals surface area contributed by atoms with Gasteiger partial charge in [-0.25, -0.2) is 0 Å². The van der Waals surface area contributed by atoms with Crippen molar-refractivity contribution in [2.75, 3.05) is 42.9 Å². The third-order valence-electron chi connectivity index (χ3n) is 5.71. The standard InChI is InChI=1S/C21H21F3N4OS/c22-21(23,24)14-3-1-4-15(11-14)28-9-7-27(8-10-28)13-19(29)26-20-17(12-25)16-5-2-6-18(16)30-20/h1,3-4,11H,2,5-10,13H2,(H,26,29)/p+1. The Bertz CT molecular complexity index is 987. The Labute approximate surface area is 176 Å². The highest BCUT2D eigenvalue weighted by molar-refractivity contribution is 7.16. The number of anilines is 2. The normalized spacial score (nSPS) is 16.9. The van der Waals surface area contributed by atoms with Crippen LogP contribution in [0, 0.1) is 11.3 Å². The molecule has 1 saturated heterocycles. The SMILES string of the molecule is N#Cc1c(NC(=O)C[NH+]2CCN(c3cccc(C(F)(F)F)c3)CC2)sc2c1CCC2. The molecule has 1 amide bonds. The first-order valence-corrected chi connectivity index (χ1v) is 10.8. The van der Waals surface area contributed by atoms with E-state index in [2.05, 4.69) is 11.4 Å². The number of hydrogen-bond acceptors (Lipinski definition) is 4. The van der Waals surface area contributed by atoms with Crippen molar-refractivity contribution in [1.29, 1.82) is 5.26 Å². The number of rotatable bonds is 4. The van der Waals surface area contributed by atoms with Crippen molar-refractivity contribution in [2.24, 2.45) is 0 Å². The number of amides is 1. The molecule has 9 heteroatoms. The van der Waals surface area contributed by atoms with Gasteiger partial charge in [0.1, 0.15) is 11.1 Å². The largest absolute Gasteiger partial charge is 0.416 e. The van der Waals surface area contributed by atoms with Gasteiger partial charge in [0.05, 0.1) is 37.3 Å². The summed E-state index contributed by atoms with van der Waals surface area (Å²) < 4.78 is 38.8. The van der Waals surface area contributed by atoms with Gasteiger partial charge in [-0.1, -0.05) is 6.07 Å². The number of benzene rings is 1. The van der Waals surface area contributed by atoms with Crippen LogP contribution in [-0.2, 0) is 23.8 Å². The summed E-state index contributed by atoms with van der Waals surface area (Å²) >= 11 is 1.50. The van der Waals surface area contributed by atoms with Crippen LogP contribution in [-0.4, -0.2) is 38.6 Å². The molecule has 1 aliphatic heterocycles. The number of carbonyl (C=O) groups is 1. The summed E-state index contributed by atoms with van der Waals surface area (Å²) in [5.74, 6) is -0.131. The van der Waals surface area contributed by atoms with Gasteiger partial charge < -0.3 is 15.1 Å². The van der Waals surface area contributed by atoms with Crippen molar-refractivity contribution in [1.82, 2.24) is 0 Å². The van der Waals surface area contributed by atoms with Crippen molar-refractivity contribution in [3.8, 4) is 6.07 Å². The van der Waals surface area contributed by atoms with Crippen LogP contribution < -0.4 is 15.1 Å². The third-order valence-corrected chi connectivity index (χ3v) is 6.91. The number of thiophene rings is 1. The van der Waals surface area contributed by atoms with Gasteiger partial charge in [0.2, 0.25) is 0 Å². The molecule has 2 aromatic rings. The number of nitriles is 1. The van der Waals surface area contributed by atoms with E-state index in [-0.39, 0.29) is 12.5 Å². The molecule has 4 rings (SSSR count). The lowest BCUT2D eigenvalue weighted by Crippen LogP contribution is -3.15. The van der Waals surface area contributed by atoms with Crippen LogP contribution in [0.15, 0.2) is 24.3 Å². The lowest BCUT2D eigenvalue weighted by molar-refractivity contribution is -0.892. The quantitative estimate of drug-likeness (QED) is 0.776. The number of halogens is 3. The van der Waals surface area contributed by atoms with Crippen molar-refractivity contribution in [2.45, 2.75) is 25.4 Å². The molecule has 0 bridgehead atoms. The zero-order valence-corrected chi connectivity index (χ0v) is 17.1. The Hall–Kier alpha value is -2.57. The van der Waals surface area contributed by atoms with Crippen molar-refractivity contribution in [3.05, 3.63) is 45.8 Å². The molecule has 1 aromatic carbocycles. The summed E-state index contributed by atoms with van der Waals surface area (Å²) in [5, 5.41) is 13.0. The molecule has 0 unspecified atom stereocenters. The minimum Gasteiger partial charge on any atom is -0.360 e. The highest BCUT2D eigenvalue weighted by atomic mass is 32.1. The molecule has 0 atom stereocenters. The number of nitrogens with zero attached hydrogens (tertiary/aromatic N) is 2. The summed E-state index contributed by atoms with van der Waals surface area (Å²) in [5.41, 5.74) is 1.59. The minimum absolute atomic E-state index is 0.131. The van der Waals surface area contributed by atoms with Crippen LogP contribution in [0.3, 0.4) is 0 Å². The third kappa shape index (κ3) is 4.30. The van der Waals surface area contributed by atoms with E-state index in [1.165, 1.54) is 28.3 Å². The summed E-state index contributed by atoms with van der Waals surface area (Å²) in [6.45, 7) is 2.77. The lowest BCUT2D eigenvalue weighted by Gasteiger charge is -2.33. The van der Waals surface area contributed by atoms with Crippen LogP contribution in [0.5, 0.6) is 0 Å². The second-order valence-corrected chi connectivity index (χ2v) is 8.79. The van der Waals surface area contributed by atoms with Crippen molar-refractivity contribution < 1.29 is 22.9 Å². The van der Waals surface area contributed by atoms with Gasteiger partial charge in [-0.05, 0) is 43.0 Å². The molecule has 1 aromatic heterocycles. The van der Waals surface area contributed by atoms with E-state index in [0.29, 0.717) is 42.4 Å². The molecule has 0 saturated carbocycles. The molecule has 0 spiro atoms. The van der Waals surface area contributed by atoms with Crippen LogP contribution in [0.1, 0.15) is 28.0 Å². The lowest BCUT2D eigenvalue weighted by atomic mass is 10.1. The average Bonchev–Trinajstić information content (AvgIpc) is 3.28. The predicted molar refractivity (Wildman–Crippen MR) is 109 cm³/mol. The number of fused-ring (bicyclic) bond motifs is 1. The van der Waals surface area contributed by atoms with Gasteiger partial charge >= 0.3 is 6.18 Å². The molecule has 0 radical (unpaired) electrons. The molecule has 158 valence electrons. The maximum atomic E-state index is 12.9. The number of carbonyl (C=O) groups excluding carboxylic acids is 1. The van der Waals surface area contributed by atoms with E-state index in [0.717, 1.165) is 35.8 Å². The van der Waals surface area contributed by atoms with E-state index in [9.17, 15) is 23.2 Å². The number of quaternary nitrogens is 1. The fourth-order valence-electron chi connectivity index (χ4n) is 4.15. The molecular weight excluding hydrogens is 413 g/mol. The van der Waals surface area contributed by atoms with Crippen LogP contribution in [0.2, 0.25) is 0 Å². The van der Waals surface area contributed by atoms with Crippen molar-refractivity contribution in [3.63, 3.8) is 0 Å². The first-order chi connectivity index (χ1) is 14.3. The monoisotopic (exact) mass is 435 g/mol. The molecule has 1 aliphatic carbocycles. The summed E-state index contributed by atoms with van der Waals surface area (Å²) in [7, 11) is 0. The molecule has 2 aliphatic rings. The van der Waals surface area contributed by atoms with E-state index in [1.807, 2.05) is 4.90 Å². The zero-order valence-electron chi connectivity index (χ0n) is 16.3. The number of aryl methyl sites for hydroxylation is 1. The van der Waals surface area contributed by atoms with Gasteiger partial charge in [-0.15, -0.1) is 11.3 Å². The van der Waals surface area contributed by atoms with Gasteiger partial charge in [-0.3, -0.25) is 4.79 Å². The number of alkyl halides is 3. The van der Waals surface area contributed by atoms with Gasteiger partial charge in [0.25, 0.3) is 5.91 Å². The van der Waals surface area contributed by atoms with Crippen LogP contribution >= 0.6 is 11.3 Å². The molecule has 1 fully saturated rings. The number of hydrogen-bond donors (Lipinski definition) is 2. The number of nitrogens with one attached hydrogen (secondary N) is 2. The molecule has 2 N–H and O–H groups in total. The summed E-state index contributed by atoms with van der Waals surface area (Å²) in [6, 6.07) is 7.59. The minimum atomic E-state index is -4.36. The highest BCUT2D eigenvalue weighted by Crippen LogP contribution is 2.38. The summed E-state index contributed by atoms with van der Waals surface area (Å²) in [6.07, 6.45) is -1.43. The molecule has 2 heterocycles. The van der Waals surface area contributed by atoms with Crippen LogP contribution in [0.4, 0.5) is 23.9 Å². The van der Waals surface area contributed by atoms with E-state index in [1.54, 1.807) is 6.07 Å². The van der Waals surface area contributed by atoms with Gasteiger partial charge in [0.15, 0.2) is 6.54 Å². The van der Waals surface area contributed by atoms with E-state index in [4.69, 9.17) is 0 Å². The second-order valence-electron chi connectivity index (χ2n) is 7.68. The fraction of sp³-hybridized carbons (Fsp3) is 0.429. The average molecular weight is 435 g/mol. The second kappa shape index (κ2) is 8.28. The molecule has 30 heavy (non-hydrogen) atoms. The Morgan fingerprint density at radius 3 is 2.73 bits per heavy atom. The smallest absolute Gasteiger partial charge is 0.360 e. The first kappa shape index (κ1) is 20.7. The Morgan fingerprint density at radius 2 is 2.03 bits per heavy atom. The maximum Gasteiger partial charge on any atom is 0.416 e. The van der Waals surface area contributed by atoms with Crippen molar-refractivity contribution >= 4 is 27.9 Å². The Balaban J connectivity index is 1.32. The van der Waals surface area contributed by atoms with Crippen LogP contribution in [0.25, 0.3) is 0 Å². The summed E-state index contributed by atoms with van der Waals surface area (Å²) in [4.78, 5) is 16.7. The van der Waals surface area contributed by atoms with Gasteiger partial charge in [-0.2, -0.15) is 18.4 Å².